The molecule has 1 atom stereocenters. The summed E-state index contributed by atoms with van der Waals surface area (Å²) in [5.74, 6) is -1.11. The lowest BCUT2D eigenvalue weighted by Crippen LogP contribution is -2.42. The number of benzene rings is 1. The molecule has 1 aromatic carbocycles. The van der Waals surface area contributed by atoms with E-state index < -0.39 is 29.9 Å². The summed E-state index contributed by atoms with van der Waals surface area (Å²) < 4.78 is 0. The van der Waals surface area contributed by atoms with Gasteiger partial charge in [0.15, 0.2) is 0 Å². The van der Waals surface area contributed by atoms with E-state index in [1.165, 1.54) is 6.20 Å². The number of pyridine rings is 1. The average Bonchev–Trinajstić information content (AvgIpc) is 2.84. The zero-order valence-electron chi connectivity index (χ0n) is 13.6. The molecule has 2 heterocycles. The number of amides is 4. The number of halogens is 2. The largest absolute Gasteiger partial charge is 0.325 e. The summed E-state index contributed by atoms with van der Waals surface area (Å²) in [4.78, 5) is 42.0. The van der Waals surface area contributed by atoms with Gasteiger partial charge in [-0.05, 0) is 25.1 Å². The van der Waals surface area contributed by atoms with E-state index in [1.54, 1.807) is 43.5 Å². The van der Waals surface area contributed by atoms with Gasteiger partial charge in [0.25, 0.3) is 5.91 Å². The molecule has 3 rings (SSSR count). The van der Waals surface area contributed by atoms with Gasteiger partial charge in [-0.25, -0.2) is 4.79 Å². The van der Waals surface area contributed by atoms with Crippen LogP contribution in [0.25, 0.3) is 0 Å². The van der Waals surface area contributed by atoms with Crippen LogP contribution >= 0.6 is 23.2 Å². The number of urea groups is 1. The number of nitrogens with one attached hydrogen (secondary N) is 2. The average molecular weight is 393 g/mol. The Hall–Kier alpha value is -2.64. The lowest BCUT2D eigenvalue weighted by atomic mass is 9.93. The molecule has 26 heavy (non-hydrogen) atoms. The van der Waals surface area contributed by atoms with Gasteiger partial charge in [0.1, 0.15) is 12.1 Å². The summed E-state index contributed by atoms with van der Waals surface area (Å²) >= 11 is 11.9. The summed E-state index contributed by atoms with van der Waals surface area (Å²) in [6.45, 7) is 1.11. The molecule has 0 radical (unpaired) electrons. The van der Waals surface area contributed by atoms with E-state index in [4.69, 9.17) is 23.2 Å². The van der Waals surface area contributed by atoms with Crippen molar-refractivity contribution in [2.45, 2.75) is 12.5 Å². The Morgan fingerprint density at radius 2 is 2.04 bits per heavy atom. The van der Waals surface area contributed by atoms with Crippen LogP contribution < -0.4 is 10.6 Å². The molecule has 4 amide bonds. The van der Waals surface area contributed by atoms with E-state index in [9.17, 15) is 14.4 Å². The van der Waals surface area contributed by atoms with Crippen LogP contribution in [0.1, 0.15) is 12.5 Å². The first kappa shape index (κ1) is 18.2. The smallest absolute Gasteiger partial charge is 0.323 e. The number of carbonyl (C=O) groups excluding carboxylic acids is 3. The highest BCUT2D eigenvalue weighted by atomic mass is 35.5. The van der Waals surface area contributed by atoms with Crippen LogP contribution in [-0.4, -0.2) is 34.3 Å². The van der Waals surface area contributed by atoms with E-state index in [0.717, 1.165) is 4.90 Å². The highest BCUT2D eigenvalue weighted by molar-refractivity contribution is 6.44. The molecule has 1 fully saturated rings. The van der Waals surface area contributed by atoms with E-state index in [0.29, 0.717) is 11.3 Å². The fourth-order valence-corrected chi connectivity index (χ4v) is 2.98. The van der Waals surface area contributed by atoms with Crippen molar-refractivity contribution in [2.24, 2.45) is 0 Å². The number of anilines is 1. The van der Waals surface area contributed by atoms with E-state index in [2.05, 4.69) is 15.6 Å². The molecule has 0 unspecified atom stereocenters. The maximum Gasteiger partial charge on any atom is 0.325 e. The van der Waals surface area contributed by atoms with Crippen LogP contribution in [0.15, 0.2) is 42.7 Å². The van der Waals surface area contributed by atoms with Crippen LogP contribution in [0.3, 0.4) is 0 Å². The summed E-state index contributed by atoms with van der Waals surface area (Å²) in [6, 6.07) is 7.45. The van der Waals surface area contributed by atoms with E-state index >= 15 is 0 Å². The van der Waals surface area contributed by atoms with Crippen LogP contribution in [-0.2, 0) is 15.1 Å². The quantitative estimate of drug-likeness (QED) is 0.782. The Morgan fingerprint density at radius 1 is 1.27 bits per heavy atom. The summed E-state index contributed by atoms with van der Waals surface area (Å²) in [5, 5.41) is 5.61. The number of rotatable bonds is 4. The number of hydrogen-bond acceptors (Lipinski definition) is 4. The van der Waals surface area contributed by atoms with Gasteiger partial charge in [-0.3, -0.25) is 19.5 Å². The van der Waals surface area contributed by atoms with Crippen LogP contribution in [0.5, 0.6) is 0 Å². The normalized spacial score (nSPS) is 19.4. The van der Waals surface area contributed by atoms with Crippen molar-refractivity contribution >= 4 is 46.7 Å². The third-order valence-electron chi connectivity index (χ3n) is 4.04. The Morgan fingerprint density at radius 3 is 2.73 bits per heavy atom. The zero-order valence-corrected chi connectivity index (χ0v) is 15.1. The molecule has 0 aliphatic carbocycles. The van der Waals surface area contributed by atoms with Crippen LogP contribution in [0.4, 0.5) is 10.5 Å². The SMILES string of the molecule is C[C@@]1(c2cccnc2)NC(=O)N(CC(=O)Nc2cccc(Cl)c2Cl)C1=O. The first-order valence-corrected chi connectivity index (χ1v) is 8.37. The third kappa shape index (κ3) is 3.23. The fraction of sp³-hybridized carbons (Fsp3) is 0.176. The molecule has 1 aromatic heterocycles. The summed E-state index contributed by atoms with van der Waals surface area (Å²) in [5.41, 5.74) is -0.454. The van der Waals surface area contributed by atoms with Crippen molar-refractivity contribution < 1.29 is 14.4 Å². The van der Waals surface area contributed by atoms with Gasteiger partial charge in [-0.1, -0.05) is 35.3 Å². The minimum absolute atomic E-state index is 0.180. The second kappa shape index (κ2) is 6.93. The molecule has 0 bridgehead atoms. The molecule has 0 saturated carbocycles. The van der Waals surface area contributed by atoms with Gasteiger partial charge in [0.05, 0.1) is 15.7 Å². The van der Waals surface area contributed by atoms with E-state index in [1.807, 2.05) is 0 Å². The highest BCUT2D eigenvalue weighted by Gasteiger charge is 2.49. The Kier molecular flexibility index (Phi) is 4.84. The lowest BCUT2D eigenvalue weighted by molar-refractivity contribution is -0.133. The number of hydrogen-bond donors (Lipinski definition) is 2. The standard InChI is InChI=1S/C17H14Cl2N4O3/c1-17(10-4-3-7-20-8-10)15(25)23(16(26)22-17)9-13(24)21-12-6-2-5-11(18)14(12)19/h2-8H,9H2,1H3,(H,21,24)(H,22,26)/t17-/m0/s1. The van der Waals surface area contributed by atoms with Crippen molar-refractivity contribution in [1.29, 1.82) is 0 Å². The molecule has 1 aliphatic heterocycles. The molecule has 2 aromatic rings. The second-order valence-electron chi connectivity index (χ2n) is 5.84. The maximum absolute atomic E-state index is 12.7. The molecule has 1 aliphatic rings. The van der Waals surface area contributed by atoms with E-state index in [-0.39, 0.29) is 10.0 Å². The molecule has 9 heteroatoms. The molecule has 1 saturated heterocycles. The molecule has 7 nitrogen and oxygen atoms in total. The van der Waals surface area contributed by atoms with Crippen LogP contribution in [0, 0.1) is 0 Å². The van der Waals surface area contributed by atoms with Crippen molar-refractivity contribution in [3.8, 4) is 0 Å². The van der Waals surface area contributed by atoms with Gasteiger partial charge >= 0.3 is 6.03 Å². The van der Waals surface area contributed by atoms with Crippen molar-refractivity contribution in [3.05, 3.63) is 58.3 Å². The monoisotopic (exact) mass is 392 g/mol. The summed E-state index contributed by atoms with van der Waals surface area (Å²) in [6.07, 6.45) is 3.06. The lowest BCUT2D eigenvalue weighted by Gasteiger charge is -2.21. The number of nitrogens with zero attached hydrogens (tertiary/aromatic N) is 2. The Balaban J connectivity index is 1.76. The second-order valence-corrected chi connectivity index (χ2v) is 6.62. The Labute approximate surface area is 159 Å². The summed E-state index contributed by atoms with van der Waals surface area (Å²) in [7, 11) is 0. The first-order valence-electron chi connectivity index (χ1n) is 7.61. The van der Waals surface area contributed by atoms with Crippen molar-refractivity contribution in [2.75, 3.05) is 11.9 Å². The highest BCUT2D eigenvalue weighted by Crippen LogP contribution is 2.30. The minimum Gasteiger partial charge on any atom is -0.323 e. The minimum atomic E-state index is -1.28. The number of aromatic nitrogens is 1. The molecule has 2 N–H and O–H groups in total. The van der Waals surface area contributed by atoms with Crippen molar-refractivity contribution in [3.63, 3.8) is 0 Å². The number of carbonyl (C=O) groups is 3. The molecule has 134 valence electrons. The van der Waals surface area contributed by atoms with Crippen molar-refractivity contribution in [1.82, 2.24) is 15.2 Å². The van der Waals surface area contributed by atoms with Gasteiger partial charge in [-0.15, -0.1) is 0 Å². The van der Waals surface area contributed by atoms with Gasteiger partial charge in [0, 0.05) is 18.0 Å². The third-order valence-corrected chi connectivity index (χ3v) is 4.86. The predicted octanol–water partition coefficient (Wildman–Crippen LogP) is 2.79. The fourth-order valence-electron chi connectivity index (χ4n) is 2.63. The number of imide groups is 1. The molecule has 0 spiro atoms. The maximum atomic E-state index is 12.7. The first-order chi connectivity index (χ1) is 12.3. The topological polar surface area (TPSA) is 91.4 Å². The van der Waals surface area contributed by atoms with Gasteiger partial charge in [0.2, 0.25) is 5.91 Å². The molecular formula is C17H14Cl2N4O3. The Bertz CT molecular complexity index is 891. The predicted molar refractivity (Wildman–Crippen MR) is 96.9 cm³/mol. The van der Waals surface area contributed by atoms with Crippen LogP contribution in [0.2, 0.25) is 10.0 Å². The van der Waals surface area contributed by atoms with Gasteiger partial charge in [-0.2, -0.15) is 0 Å². The van der Waals surface area contributed by atoms with Gasteiger partial charge < -0.3 is 10.6 Å². The molecular weight excluding hydrogens is 379 g/mol. The zero-order chi connectivity index (χ0) is 18.9.